The van der Waals surface area contributed by atoms with Gasteiger partial charge in [-0.1, -0.05) is 103 Å². The van der Waals surface area contributed by atoms with Crippen LogP contribution in [0.2, 0.25) is 0 Å². The van der Waals surface area contributed by atoms with Gasteiger partial charge in [-0.3, -0.25) is 0 Å². The Morgan fingerprint density at radius 3 is 1.92 bits per heavy atom. The maximum Gasteiger partial charge on any atom is -0.0261 e. The van der Waals surface area contributed by atoms with Gasteiger partial charge >= 0.3 is 0 Å². The van der Waals surface area contributed by atoms with Crippen molar-refractivity contribution in [2.45, 2.75) is 148 Å². The summed E-state index contributed by atoms with van der Waals surface area (Å²) in [7, 11) is 0. The molecule has 3 aliphatic carbocycles. The highest BCUT2D eigenvalue weighted by molar-refractivity contribution is 5.13. The molecule has 0 aliphatic heterocycles. The summed E-state index contributed by atoms with van der Waals surface area (Å²) < 4.78 is 0. The van der Waals surface area contributed by atoms with E-state index in [0.717, 1.165) is 76.9 Å². The van der Waals surface area contributed by atoms with Gasteiger partial charge in [0.2, 0.25) is 0 Å². The van der Waals surface area contributed by atoms with Crippen LogP contribution >= 0.6 is 0 Å². The maximum atomic E-state index is 2.68. The lowest BCUT2D eigenvalue weighted by Crippen LogP contribution is -2.25. The average molecular weight is 515 g/mol. The van der Waals surface area contributed by atoms with Gasteiger partial charge in [0.05, 0.1) is 0 Å². The Kier molecular flexibility index (Phi) is 10.4. The van der Waals surface area contributed by atoms with E-state index in [2.05, 4.69) is 90.0 Å². The molecular formula is C37H70. The van der Waals surface area contributed by atoms with Crippen molar-refractivity contribution in [1.82, 2.24) is 0 Å². The fourth-order valence-electron chi connectivity index (χ4n) is 9.42. The van der Waals surface area contributed by atoms with Crippen molar-refractivity contribution >= 4 is 0 Å². The molecule has 0 spiro atoms. The van der Waals surface area contributed by atoms with Crippen LogP contribution < -0.4 is 0 Å². The summed E-state index contributed by atoms with van der Waals surface area (Å²) in [5.41, 5.74) is 1.16. The molecule has 0 aromatic carbocycles. The first-order valence-corrected chi connectivity index (χ1v) is 17.1. The van der Waals surface area contributed by atoms with Crippen molar-refractivity contribution in [3.63, 3.8) is 0 Å². The van der Waals surface area contributed by atoms with Crippen LogP contribution in [-0.4, -0.2) is 0 Å². The highest BCUT2D eigenvalue weighted by Crippen LogP contribution is 2.71. The molecule has 0 bridgehead atoms. The van der Waals surface area contributed by atoms with Gasteiger partial charge in [0.1, 0.15) is 0 Å². The minimum atomic E-state index is 0.481. The average Bonchev–Trinajstić information content (AvgIpc) is 3.65. The molecule has 12 atom stereocenters. The van der Waals surface area contributed by atoms with Gasteiger partial charge in [-0.15, -0.1) is 0 Å². The van der Waals surface area contributed by atoms with Crippen molar-refractivity contribution in [2.75, 3.05) is 0 Å². The molecule has 0 amide bonds. The van der Waals surface area contributed by atoms with Crippen molar-refractivity contribution in [3.8, 4) is 0 Å². The number of hydrogen-bond acceptors (Lipinski definition) is 0. The molecule has 0 radical (unpaired) electrons. The van der Waals surface area contributed by atoms with Crippen molar-refractivity contribution in [1.29, 1.82) is 0 Å². The topological polar surface area (TPSA) is 0 Å². The smallest absolute Gasteiger partial charge is 0.0261 e. The fraction of sp³-hybridized carbons (Fsp3) is 1.00. The van der Waals surface area contributed by atoms with E-state index >= 15 is 0 Å². The van der Waals surface area contributed by atoms with E-state index in [0.29, 0.717) is 10.8 Å². The molecule has 12 unspecified atom stereocenters. The molecule has 0 aromatic rings. The van der Waals surface area contributed by atoms with E-state index < -0.39 is 0 Å². The first kappa shape index (κ1) is 31.5. The maximum absolute atomic E-state index is 2.68. The zero-order valence-electron chi connectivity index (χ0n) is 27.9. The molecule has 3 rings (SSSR count). The largest absolute Gasteiger partial charge is 0.0625 e. The standard InChI is InChI=1S/C37H70/c1-23(2)27(6)21-36(11,12)20-25(4)18-24(3)14-15-26(5)35-22-37(35,13)34-19-33(34)31(10)29(8)28(7)30(9)32-16-17-32/h23-35H,14-22H2,1-13H3. The zero-order valence-corrected chi connectivity index (χ0v) is 27.9. The van der Waals surface area contributed by atoms with E-state index in [9.17, 15) is 0 Å². The summed E-state index contributed by atoms with van der Waals surface area (Å²) in [6.07, 6.45) is 13.2. The van der Waals surface area contributed by atoms with Gasteiger partial charge in [-0.2, -0.15) is 0 Å². The monoisotopic (exact) mass is 515 g/mol. The first-order valence-electron chi connectivity index (χ1n) is 17.1. The lowest BCUT2D eigenvalue weighted by molar-refractivity contribution is 0.170. The van der Waals surface area contributed by atoms with E-state index in [4.69, 9.17) is 0 Å². The van der Waals surface area contributed by atoms with E-state index in [1.807, 2.05) is 0 Å². The van der Waals surface area contributed by atoms with Gasteiger partial charge in [0.15, 0.2) is 0 Å². The third-order valence-corrected chi connectivity index (χ3v) is 13.1. The van der Waals surface area contributed by atoms with E-state index in [1.165, 1.54) is 57.8 Å². The molecule has 3 fully saturated rings. The molecule has 37 heavy (non-hydrogen) atoms. The Morgan fingerprint density at radius 2 is 1.35 bits per heavy atom. The minimum Gasteiger partial charge on any atom is -0.0625 e. The van der Waals surface area contributed by atoms with Crippen LogP contribution in [0.4, 0.5) is 0 Å². The lowest BCUT2D eigenvalue weighted by Gasteiger charge is -2.33. The highest BCUT2D eigenvalue weighted by Gasteiger charge is 2.64. The van der Waals surface area contributed by atoms with Crippen molar-refractivity contribution in [3.05, 3.63) is 0 Å². The van der Waals surface area contributed by atoms with Gasteiger partial charge in [0.25, 0.3) is 0 Å². The van der Waals surface area contributed by atoms with Crippen molar-refractivity contribution in [2.24, 2.45) is 87.8 Å². The van der Waals surface area contributed by atoms with E-state index in [1.54, 1.807) is 0 Å². The summed E-state index contributed by atoms with van der Waals surface area (Å²) in [4.78, 5) is 0. The third kappa shape index (κ3) is 8.26. The SMILES string of the molecule is CC(CCC(C)C1CC1(C)C1CC1C(C)C(C)C(C)C(C)C1CC1)CC(C)CC(C)(C)CC(C)C(C)C. The van der Waals surface area contributed by atoms with Crippen LogP contribution in [0.5, 0.6) is 0 Å². The molecule has 3 aliphatic rings. The molecule has 0 aromatic heterocycles. The van der Waals surface area contributed by atoms with Crippen LogP contribution in [0.15, 0.2) is 0 Å². The second-order valence-corrected chi connectivity index (χ2v) is 17.4. The normalized spacial score (nSPS) is 34.4. The Hall–Kier alpha value is 0. The van der Waals surface area contributed by atoms with Gasteiger partial charge in [-0.25, -0.2) is 0 Å². The minimum absolute atomic E-state index is 0.481. The van der Waals surface area contributed by atoms with Crippen LogP contribution in [0.1, 0.15) is 148 Å². The Labute approximate surface area is 235 Å². The van der Waals surface area contributed by atoms with Crippen molar-refractivity contribution < 1.29 is 0 Å². The van der Waals surface area contributed by atoms with Crippen LogP contribution in [0.3, 0.4) is 0 Å². The van der Waals surface area contributed by atoms with Gasteiger partial charge < -0.3 is 0 Å². The van der Waals surface area contributed by atoms with E-state index in [-0.39, 0.29) is 0 Å². The molecule has 0 saturated heterocycles. The molecule has 218 valence electrons. The molecular weight excluding hydrogens is 444 g/mol. The predicted molar refractivity (Wildman–Crippen MR) is 166 cm³/mol. The van der Waals surface area contributed by atoms with Crippen LogP contribution in [0.25, 0.3) is 0 Å². The molecule has 3 saturated carbocycles. The first-order chi connectivity index (χ1) is 17.1. The molecule has 0 nitrogen and oxygen atoms in total. The molecule has 0 heterocycles. The van der Waals surface area contributed by atoms with Gasteiger partial charge in [-0.05, 0) is 133 Å². The highest BCUT2D eigenvalue weighted by atomic mass is 14.7. The molecule has 0 N–H and O–H groups in total. The Morgan fingerprint density at radius 1 is 0.757 bits per heavy atom. The Bertz CT molecular complexity index is 699. The second kappa shape index (κ2) is 12.2. The predicted octanol–water partition coefficient (Wildman–Crippen LogP) is 11.8. The third-order valence-electron chi connectivity index (χ3n) is 13.1. The number of rotatable bonds is 17. The van der Waals surface area contributed by atoms with Gasteiger partial charge in [0, 0.05) is 0 Å². The summed E-state index contributed by atoms with van der Waals surface area (Å²) in [6.45, 7) is 32.9. The molecule has 0 heteroatoms. The lowest BCUT2D eigenvalue weighted by atomic mass is 9.73. The van der Waals surface area contributed by atoms with Crippen LogP contribution in [-0.2, 0) is 0 Å². The summed E-state index contributed by atoms with van der Waals surface area (Å²) >= 11 is 0. The summed E-state index contributed by atoms with van der Waals surface area (Å²) in [5.74, 6) is 12.1. The Balaban J connectivity index is 1.38. The fourth-order valence-corrected chi connectivity index (χ4v) is 9.42. The quantitative estimate of drug-likeness (QED) is 0.181. The van der Waals surface area contributed by atoms with Crippen LogP contribution in [0, 0.1) is 87.8 Å². The number of hydrogen-bond donors (Lipinski definition) is 0. The summed E-state index contributed by atoms with van der Waals surface area (Å²) in [5, 5.41) is 0. The zero-order chi connectivity index (χ0) is 27.9. The summed E-state index contributed by atoms with van der Waals surface area (Å²) in [6, 6.07) is 0. The second-order valence-electron chi connectivity index (χ2n) is 17.4.